The van der Waals surface area contributed by atoms with Crippen molar-refractivity contribution in [1.29, 1.82) is 0 Å². The summed E-state index contributed by atoms with van der Waals surface area (Å²) in [6.45, 7) is 4.42. The first kappa shape index (κ1) is 19.5. The third-order valence-electron chi connectivity index (χ3n) is 5.13. The SMILES string of the molecule is C=CCn1c(SCC(=O)c2ccc3c(c2)CCC3)nnc1-c1ccc(OC)cc1. The molecule has 5 nitrogen and oxygen atoms in total. The molecule has 0 bridgehead atoms. The van der Waals surface area contributed by atoms with Crippen LogP contribution in [0.3, 0.4) is 0 Å². The highest BCUT2D eigenvalue weighted by Crippen LogP contribution is 2.27. The number of ether oxygens (including phenoxy) is 1. The lowest BCUT2D eigenvalue weighted by Gasteiger charge is -2.08. The van der Waals surface area contributed by atoms with Crippen LogP contribution >= 0.6 is 11.8 Å². The minimum Gasteiger partial charge on any atom is -0.497 e. The Hall–Kier alpha value is -2.86. The minimum absolute atomic E-state index is 0.115. The predicted octanol–water partition coefficient (Wildman–Crippen LogP) is 4.60. The Morgan fingerprint density at radius 2 is 1.97 bits per heavy atom. The van der Waals surface area contributed by atoms with Gasteiger partial charge >= 0.3 is 0 Å². The predicted molar refractivity (Wildman–Crippen MR) is 116 cm³/mol. The van der Waals surface area contributed by atoms with Crippen LogP contribution in [0.2, 0.25) is 0 Å². The van der Waals surface area contributed by atoms with Crippen molar-refractivity contribution in [3.63, 3.8) is 0 Å². The van der Waals surface area contributed by atoms with E-state index in [1.165, 1.54) is 29.3 Å². The molecule has 0 N–H and O–H groups in total. The van der Waals surface area contributed by atoms with E-state index in [1.54, 1.807) is 7.11 Å². The summed E-state index contributed by atoms with van der Waals surface area (Å²) in [5, 5.41) is 9.39. The van der Waals surface area contributed by atoms with Gasteiger partial charge in [-0.2, -0.15) is 0 Å². The fourth-order valence-corrected chi connectivity index (χ4v) is 4.44. The van der Waals surface area contributed by atoms with Crippen molar-refractivity contribution >= 4 is 17.5 Å². The molecule has 29 heavy (non-hydrogen) atoms. The van der Waals surface area contributed by atoms with Crippen molar-refractivity contribution in [2.45, 2.75) is 31.0 Å². The van der Waals surface area contributed by atoms with Gasteiger partial charge < -0.3 is 4.74 Å². The highest BCUT2D eigenvalue weighted by Gasteiger charge is 2.17. The Kier molecular flexibility index (Phi) is 5.81. The van der Waals surface area contributed by atoms with Crippen LogP contribution in [0.15, 0.2) is 60.3 Å². The number of nitrogens with zero attached hydrogens (tertiary/aromatic N) is 3. The minimum atomic E-state index is 0.115. The number of fused-ring (bicyclic) bond motifs is 1. The second-order valence-corrected chi connectivity index (χ2v) is 7.93. The van der Waals surface area contributed by atoms with Crippen LogP contribution < -0.4 is 4.74 Å². The normalized spacial score (nSPS) is 12.6. The molecule has 1 aliphatic rings. The van der Waals surface area contributed by atoms with E-state index in [0.717, 1.165) is 35.5 Å². The molecular weight excluding hydrogens is 382 g/mol. The molecular formula is C23H23N3O2S. The molecule has 0 saturated heterocycles. The summed E-state index contributed by atoms with van der Waals surface area (Å²) >= 11 is 1.41. The summed E-state index contributed by atoms with van der Waals surface area (Å²) in [6.07, 6.45) is 5.18. The summed E-state index contributed by atoms with van der Waals surface area (Å²) in [5.41, 5.74) is 4.42. The quantitative estimate of drug-likeness (QED) is 0.311. The zero-order chi connectivity index (χ0) is 20.2. The summed E-state index contributed by atoms with van der Waals surface area (Å²) in [7, 11) is 1.64. The number of methoxy groups -OCH3 is 1. The van der Waals surface area contributed by atoms with Gasteiger partial charge in [0.1, 0.15) is 5.75 Å². The number of aromatic nitrogens is 3. The van der Waals surface area contributed by atoms with Crippen molar-refractivity contribution < 1.29 is 9.53 Å². The maximum atomic E-state index is 12.7. The second-order valence-electron chi connectivity index (χ2n) is 6.98. The van der Waals surface area contributed by atoms with Gasteiger partial charge in [0, 0.05) is 17.7 Å². The third kappa shape index (κ3) is 4.12. The van der Waals surface area contributed by atoms with Crippen LogP contribution in [0.4, 0.5) is 0 Å². The molecule has 0 unspecified atom stereocenters. The van der Waals surface area contributed by atoms with Crippen LogP contribution in [0.5, 0.6) is 5.75 Å². The highest BCUT2D eigenvalue weighted by atomic mass is 32.2. The smallest absolute Gasteiger partial charge is 0.192 e. The van der Waals surface area contributed by atoms with Crippen LogP contribution in [0.25, 0.3) is 11.4 Å². The average molecular weight is 406 g/mol. The number of carbonyl (C=O) groups is 1. The molecule has 1 aliphatic carbocycles. The lowest BCUT2D eigenvalue weighted by molar-refractivity contribution is 0.102. The van der Waals surface area contributed by atoms with Gasteiger partial charge in [0.15, 0.2) is 16.8 Å². The lowest BCUT2D eigenvalue weighted by atomic mass is 10.0. The molecule has 6 heteroatoms. The number of carbonyl (C=O) groups excluding carboxylic acids is 1. The molecule has 0 aliphatic heterocycles. The van der Waals surface area contributed by atoms with E-state index in [9.17, 15) is 4.79 Å². The number of allylic oxidation sites excluding steroid dienone is 1. The van der Waals surface area contributed by atoms with Gasteiger partial charge in [-0.1, -0.05) is 30.0 Å². The fourth-order valence-electron chi connectivity index (χ4n) is 3.60. The van der Waals surface area contributed by atoms with Gasteiger partial charge in [-0.15, -0.1) is 16.8 Å². The van der Waals surface area contributed by atoms with E-state index in [2.05, 4.69) is 28.9 Å². The summed E-state index contributed by atoms with van der Waals surface area (Å²) in [5.74, 6) is 1.98. The topological polar surface area (TPSA) is 57.0 Å². The molecule has 0 amide bonds. The number of hydrogen-bond donors (Lipinski definition) is 0. The van der Waals surface area contributed by atoms with Gasteiger partial charge in [0.05, 0.1) is 12.9 Å². The first-order valence-corrected chi connectivity index (χ1v) is 10.6. The van der Waals surface area contributed by atoms with E-state index in [4.69, 9.17) is 4.74 Å². The van der Waals surface area contributed by atoms with Crippen molar-refractivity contribution in [2.24, 2.45) is 0 Å². The van der Waals surface area contributed by atoms with E-state index in [0.29, 0.717) is 17.5 Å². The van der Waals surface area contributed by atoms with E-state index < -0.39 is 0 Å². The number of ketones is 1. The molecule has 1 aromatic heterocycles. The molecule has 0 saturated carbocycles. The highest BCUT2D eigenvalue weighted by molar-refractivity contribution is 7.99. The zero-order valence-corrected chi connectivity index (χ0v) is 17.2. The summed E-state index contributed by atoms with van der Waals surface area (Å²) in [6, 6.07) is 13.8. The van der Waals surface area contributed by atoms with Gasteiger partial charge in [-0.25, -0.2) is 0 Å². The number of Topliss-reactive ketones (excluding diaryl/α,β-unsaturated/α-hetero) is 1. The van der Waals surface area contributed by atoms with Gasteiger partial charge in [0.25, 0.3) is 0 Å². The number of benzene rings is 2. The first-order chi connectivity index (χ1) is 14.2. The molecule has 148 valence electrons. The molecule has 4 rings (SSSR count). The Labute approximate surface area is 174 Å². The van der Waals surface area contributed by atoms with Crippen molar-refractivity contribution in [2.75, 3.05) is 12.9 Å². The van der Waals surface area contributed by atoms with Gasteiger partial charge in [0.2, 0.25) is 0 Å². The van der Waals surface area contributed by atoms with Crippen LogP contribution in [-0.4, -0.2) is 33.4 Å². The second kappa shape index (κ2) is 8.66. The lowest BCUT2D eigenvalue weighted by Crippen LogP contribution is -2.06. The Balaban J connectivity index is 1.51. The fraction of sp³-hybridized carbons (Fsp3) is 0.261. The van der Waals surface area contributed by atoms with Crippen LogP contribution in [0, 0.1) is 0 Å². The molecule has 2 aromatic carbocycles. The van der Waals surface area contributed by atoms with E-state index in [-0.39, 0.29) is 5.78 Å². The maximum absolute atomic E-state index is 12.7. The van der Waals surface area contributed by atoms with Crippen molar-refractivity contribution in [1.82, 2.24) is 14.8 Å². The molecule has 1 heterocycles. The zero-order valence-electron chi connectivity index (χ0n) is 16.4. The summed E-state index contributed by atoms with van der Waals surface area (Å²) < 4.78 is 7.20. The Morgan fingerprint density at radius 3 is 2.72 bits per heavy atom. The number of aryl methyl sites for hydroxylation is 2. The van der Waals surface area contributed by atoms with Crippen LogP contribution in [0.1, 0.15) is 27.9 Å². The summed E-state index contributed by atoms with van der Waals surface area (Å²) in [4.78, 5) is 12.7. The molecule has 0 fully saturated rings. The van der Waals surface area contributed by atoms with Crippen molar-refractivity contribution in [3.8, 4) is 17.1 Å². The Bertz CT molecular complexity index is 1040. The number of thioether (sulfide) groups is 1. The maximum Gasteiger partial charge on any atom is 0.192 e. The van der Waals surface area contributed by atoms with Crippen molar-refractivity contribution in [3.05, 3.63) is 71.8 Å². The van der Waals surface area contributed by atoms with Crippen LogP contribution in [-0.2, 0) is 19.4 Å². The Morgan fingerprint density at radius 1 is 1.17 bits per heavy atom. The molecule has 3 aromatic rings. The monoisotopic (exact) mass is 405 g/mol. The molecule has 0 atom stereocenters. The van der Waals surface area contributed by atoms with E-state index in [1.807, 2.05) is 41.0 Å². The average Bonchev–Trinajstić information content (AvgIpc) is 3.39. The number of hydrogen-bond acceptors (Lipinski definition) is 5. The van der Waals surface area contributed by atoms with Gasteiger partial charge in [-0.05, 0) is 60.7 Å². The van der Waals surface area contributed by atoms with Gasteiger partial charge in [-0.3, -0.25) is 9.36 Å². The standard InChI is InChI=1S/C23H23N3O2S/c1-3-13-26-22(17-9-11-20(28-2)12-10-17)24-25-23(26)29-15-21(27)19-8-7-16-5-4-6-18(16)14-19/h3,7-12,14H,1,4-6,13,15H2,2H3. The molecule has 0 spiro atoms. The van der Waals surface area contributed by atoms with E-state index >= 15 is 0 Å². The molecule has 0 radical (unpaired) electrons. The number of rotatable bonds is 8. The largest absolute Gasteiger partial charge is 0.497 e. The first-order valence-electron chi connectivity index (χ1n) is 9.66. The third-order valence-corrected chi connectivity index (χ3v) is 6.10.